The molecule has 0 aromatic carbocycles. The number of sulfone groups is 1. The largest absolute Gasteiger partial charge is 0.501 e. The maximum atomic E-state index is 13.1. The molecule has 4 nitrogen and oxygen atoms in total. The second kappa shape index (κ2) is 7.70. The van der Waals surface area contributed by atoms with Crippen LogP contribution in [0, 0.1) is 0 Å². The van der Waals surface area contributed by atoms with Crippen LogP contribution in [0.1, 0.15) is 77.0 Å². The number of ether oxygens (including phenoxy) is 1. The molecule has 0 radical (unpaired) electrons. The molecule has 3 aliphatic rings. The van der Waals surface area contributed by atoms with Crippen LogP contribution in [0.5, 0.6) is 0 Å². The van der Waals surface area contributed by atoms with Crippen LogP contribution >= 0.6 is 12.6 Å². The quantitative estimate of drug-likeness (QED) is 0.430. The highest BCUT2D eigenvalue weighted by Crippen LogP contribution is 2.47. The van der Waals surface area contributed by atoms with Gasteiger partial charge in [0.25, 0.3) is 0 Å². The van der Waals surface area contributed by atoms with Crippen LogP contribution in [0.25, 0.3) is 0 Å². The van der Waals surface area contributed by atoms with E-state index in [4.69, 9.17) is 17.4 Å². The van der Waals surface area contributed by atoms with E-state index in [1.54, 1.807) is 13.2 Å². The standard InChI is InChI=1S/C20H30O4S2/c1-24-16(14-19(25)10-4-2-5-11-19)8-9-18-17(21)15-20(26(18,22)23)12-6-3-7-13-20/h8-9,25H,2-7,10-15H2,1H3/b16-8-,18-9+. The smallest absolute Gasteiger partial charge is 0.188 e. The van der Waals surface area contributed by atoms with Gasteiger partial charge in [-0.05, 0) is 37.8 Å². The van der Waals surface area contributed by atoms with Crippen molar-refractivity contribution < 1.29 is 17.9 Å². The second-order valence-electron chi connectivity index (χ2n) is 8.18. The zero-order valence-corrected chi connectivity index (χ0v) is 17.3. The number of ketones is 1. The summed E-state index contributed by atoms with van der Waals surface area (Å²) in [5.74, 6) is 0.457. The van der Waals surface area contributed by atoms with Gasteiger partial charge in [-0.2, -0.15) is 12.6 Å². The number of thiol groups is 1. The third-order valence-corrected chi connectivity index (χ3v) is 9.59. The average molecular weight is 399 g/mol. The van der Waals surface area contributed by atoms with Crippen molar-refractivity contribution in [3.63, 3.8) is 0 Å². The van der Waals surface area contributed by atoms with Crippen molar-refractivity contribution in [2.75, 3.05) is 7.11 Å². The minimum atomic E-state index is -3.56. The van der Waals surface area contributed by atoms with E-state index < -0.39 is 14.6 Å². The Kier molecular flexibility index (Phi) is 5.92. The van der Waals surface area contributed by atoms with Gasteiger partial charge in [0, 0.05) is 17.6 Å². The molecule has 0 bridgehead atoms. The Hall–Kier alpha value is -0.750. The summed E-state index contributed by atoms with van der Waals surface area (Å²) in [6.07, 6.45) is 13.7. The first-order chi connectivity index (χ1) is 12.3. The molecule has 1 heterocycles. The molecule has 0 atom stereocenters. The molecule has 3 rings (SSSR count). The van der Waals surface area contributed by atoms with Gasteiger partial charge in [-0.1, -0.05) is 38.5 Å². The summed E-state index contributed by atoms with van der Waals surface area (Å²) in [6, 6.07) is 0. The second-order valence-corrected chi connectivity index (χ2v) is 11.4. The number of methoxy groups -OCH3 is 1. The van der Waals surface area contributed by atoms with Crippen LogP contribution in [-0.2, 0) is 19.4 Å². The molecule has 1 spiro atoms. The number of rotatable bonds is 4. The summed E-state index contributed by atoms with van der Waals surface area (Å²) in [7, 11) is -1.96. The summed E-state index contributed by atoms with van der Waals surface area (Å²) in [4.78, 5) is 12.5. The Bertz CT molecular complexity index is 706. The topological polar surface area (TPSA) is 60.4 Å². The average Bonchev–Trinajstić information content (AvgIpc) is 2.78. The third kappa shape index (κ3) is 3.77. The Morgan fingerprint density at radius 3 is 2.23 bits per heavy atom. The molecule has 2 aliphatic carbocycles. The van der Waals surface area contributed by atoms with E-state index in [0.717, 1.165) is 44.9 Å². The van der Waals surface area contributed by atoms with Crippen molar-refractivity contribution in [3.05, 3.63) is 22.8 Å². The molecule has 0 aromatic rings. The maximum Gasteiger partial charge on any atom is 0.188 e. The minimum absolute atomic E-state index is 0.0224. The predicted octanol–water partition coefficient (Wildman–Crippen LogP) is 4.51. The van der Waals surface area contributed by atoms with Crippen LogP contribution in [0.2, 0.25) is 0 Å². The number of hydrogen-bond donors (Lipinski definition) is 1. The van der Waals surface area contributed by atoms with Crippen molar-refractivity contribution in [2.45, 2.75) is 86.5 Å². The normalized spacial score (nSPS) is 29.2. The number of carbonyl (C=O) groups is 1. The number of hydrogen-bond acceptors (Lipinski definition) is 5. The fourth-order valence-corrected chi connectivity index (χ4v) is 7.47. The highest BCUT2D eigenvalue weighted by molar-refractivity contribution is 7.98. The van der Waals surface area contributed by atoms with Gasteiger partial charge in [0.2, 0.25) is 0 Å². The van der Waals surface area contributed by atoms with Gasteiger partial charge in [-0.25, -0.2) is 8.42 Å². The van der Waals surface area contributed by atoms with E-state index in [2.05, 4.69) is 0 Å². The van der Waals surface area contributed by atoms with Crippen LogP contribution in [0.4, 0.5) is 0 Å². The van der Waals surface area contributed by atoms with Crippen molar-refractivity contribution >= 4 is 28.2 Å². The van der Waals surface area contributed by atoms with Crippen molar-refractivity contribution in [3.8, 4) is 0 Å². The highest BCUT2D eigenvalue weighted by atomic mass is 32.2. The molecule has 0 N–H and O–H groups in total. The SMILES string of the molecule is CO/C(=C\C=C1/C(=O)CC2(CCCCC2)S1(=O)=O)CC1(S)CCCCC1. The fraction of sp³-hybridized carbons (Fsp3) is 0.750. The zero-order valence-electron chi connectivity index (χ0n) is 15.6. The van der Waals surface area contributed by atoms with Gasteiger partial charge < -0.3 is 4.74 Å². The lowest BCUT2D eigenvalue weighted by molar-refractivity contribution is -0.115. The molecule has 26 heavy (non-hydrogen) atoms. The van der Waals surface area contributed by atoms with E-state index in [-0.39, 0.29) is 21.9 Å². The molecular formula is C20H30O4S2. The van der Waals surface area contributed by atoms with E-state index in [1.165, 1.54) is 12.5 Å². The highest BCUT2D eigenvalue weighted by Gasteiger charge is 2.54. The number of Topliss-reactive ketones (excluding diaryl/α,β-unsaturated/α-hetero) is 1. The van der Waals surface area contributed by atoms with Gasteiger partial charge in [-0.3, -0.25) is 4.79 Å². The maximum absolute atomic E-state index is 13.1. The van der Waals surface area contributed by atoms with Gasteiger partial charge in [-0.15, -0.1) is 0 Å². The van der Waals surface area contributed by atoms with Crippen molar-refractivity contribution in [1.29, 1.82) is 0 Å². The molecule has 146 valence electrons. The Balaban J connectivity index is 1.83. The predicted molar refractivity (Wildman–Crippen MR) is 107 cm³/mol. The van der Waals surface area contributed by atoms with Gasteiger partial charge in [0.05, 0.1) is 17.6 Å². The van der Waals surface area contributed by atoms with Crippen LogP contribution in [0.15, 0.2) is 22.8 Å². The lowest BCUT2D eigenvalue weighted by atomic mass is 9.85. The first-order valence-corrected chi connectivity index (χ1v) is 11.7. The summed E-state index contributed by atoms with van der Waals surface area (Å²) < 4.78 is 30.7. The molecule has 3 fully saturated rings. The Morgan fingerprint density at radius 1 is 1.08 bits per heavy atom. The van der Waals surface area contributed by atoms with E-state index in [0.29, 0.717) is 25.0 Å². The van der Waals surface area contributed by atoms with E-state index in [1.807, 2.05) is 0 Å². The van der Waals surface area contributed by atoms with Crippen LogP contribution in [0.3, 0.4) is 0 Å². The Labute approximate surface area is 162 Å². The first-order valence-electron chi connectivity index (χ1n) is 9.77. The molecule has 2 saturated carbocycles. The molecule has 6 heteroatoms. The molecular weight excluding hydrogens is 368 g/mol. The summed E-state index contributed by atoms with van der Waals surface area (Å²) >= 11 is 4.85. The first kappa shape index (κ1) is 20.0. The molecule has 1 saturated heterocycles. The zero-order chi connectivity index (χ0) is 18.8. The lowest BCUT2D eigenvalue weighted by Crippen LogP contribution is -2.36. The van der Waals surface area contributed by atoms with E-state index >= 15 is 0 Å². The summed E-state index contributed by atoms with van der Waals surface area (Å²) in [5.41, 5.74) is 0. The molecule has 0 amide bonds. The van der Waals surface area contributed by atoms with Gasteiger partial charge >= 0.3 is 0 Å². The lowest BCUT2D eigenvalue weighted by Gasteiger charge is -2.32. The van der Waals surface area contributed by atoms with Crippen molar-refractivity contribution in [2.24, 2.45) is 0 Å². The van der Waals surface area contributed by atoms with Crippen LogP contribution in [-0.4, -0.2) is 30.8 Å². The Morgan fingerprint density at radius 2 is 1.65 bits per heavy atom. The summed E-state index contributed by atoms with van der Waals surface area (Å²) in [5, 5.41) is 0. The monoisotopic (exact) mass is 398 g/mol. The van der Waals surface area contributed by atoms with Crippen molar-refractivity contribution in [1.82, 2.24) is 0 Å². The summed E-state index contributed by atoms with van der Waals surface area (Å²) in [6.45, 7) is 0. The fourth-order valence-electron chi connectivity index (χ4n) is 4.76. The number of carbonyl (C=O) groups excluding carboxylic acids is 1. The molecule has 1 aliphatic heterocycles. The third-order valence-electron chi connectivity index (χ3n) is 6.35. The van der Waals surface area contributed by atoms with E-state index in [9.17, 15) is 13.2 Å². The molecule has 0 unspecified atom stereocenters. The van der Waals surface area contributed by atoms with Gasteiger partial charge in [0.1, 0.15) is 4.91 Å². The minimum Gasteiger partial charge on any atom is -0.501 e. The molecule has 0 aromatic heterocycles. The number of allylic oxidation sites excluding steroid dienone is 4. The van der Waals surface area contributed by atoms with Crippen LogP contribution < -0.4 is 0 Å². The van der Waals surface area contributed by atoms with Gasteiger partial charge in [0.15, 0.2) is 15.6 Å².